The Hall–Kier alpha value is -3.47. The van der Waals surface area contributed by atoms with Gasteiger partial charge in [0, 0.05) is 18.8 Å². The number of pyridine rings is 1. The number of methoxy groups -OCH3 is 1. The van der Waals surface area contributed by atoms with Crippen LogP contribution in [0.4, 0.5) is 5.69 Å². The number of aromatic nitrogens is 3. The fourth-order valence-electron chi connectivity index (χ4n) is 4.26. The third-order valence-corrected chi connectivity index (χ3v) is 5.96. The van der Waals surface area contributed by atoms with E-state index in [0.29, 0.717) is 29.4 Å². The molecule has 4 rings (SSSR count). The molecule has 1 aliphatic rings. The fraction of sp³-hybridized carbons (Fsp3) is 0.375. The van der Waals surface area contributed by atoms with Crippen LogP contribution in [0, 0.1) is 0 Å². The van der Waals surface area contributed by atoms with Crippen LogP contribution < -0.4 is 10.1 Å². The number of carbonyl (C=O) groups is 1. The van der Waals surface area contributed by atoms with Gasteiger partial charge < -0.3 is 25.0 Å². The number of aromatic amines is 1. The predicted octanol–water partition coefficient (Wildman–Crippen LogP) is 2.82. The normalized spacial score (nSPS) is 19.5. The molecule has 3 unspecified atom stereocenters. The molecule has 1 fully saturated rings. The Labute approximate surface area is 197 Å². The summed E-state index contributed by atoms with van der Waals surface area (Å²) < 4.78 is 11.1. The quantitative estimate of drug-likeness (QED) is 0.351. The van der Waals surface area contributed by atoms with Crippen LogP contribution in [-0.2, 0) is 9.53 Å². The lowest BCUT2D eigenvalue weighted by atomic mass is 9.94. The molecule has 2 aromatic heterocycles. The minimum Gasteiger partial charge on any atom is -0.495 e. The van der Waals surface area contributed by atoms with Gasteiger partial charge >= 0.3 is 5.97 Å². The van der Waals surface area contributed by atoms with Crippen LogP contribution in [0.5, 0.6) is 5.75 Å². The van der Waals surface area contributed by atoms with Gasteiger partial charge in [0.05, 0.1) is 36.0 Å². The van der Waals surface area contributed by atoms with Crippen molar-refractivity contribution in [1.29, 1.82) is 0 Å². The Morgan fingerprint density at radius 3 is 2.85 bits per heavy atom. The van der Waals surface area contributed by atoms with Gasteiger partial charge in [-0.3, -0.25) is 10.00 Å². The lowest BCUT2D eigenvalue weighted by Crippen LogP contribution is -2.40. The molecule has 10 nitrogen and oxygen atoms in total. The van der Waals surface area contributed by atoms with Crippen molar-refractivity contribution in [1.82, 2.24) is 20.1 Å². The van der Waals surface area contributed by atoms with Crippen molar-refractivity contribution in [2.24, 2.45) is 0 Å². The number of benzene rings is 1. The number of likely N-dealkylation sites (N-methyl/N-ethyl adjacent to an activating group) is 1. The van der Waals surface area contributed by atoms with Crippen molar-refractivity contribution in [3.05, 3.63) is 59.9 Å². The molecule has 1 aliphatic heterocycles. The molecule has 0 amide bonds. The smallest absolute Gasteiger partial charge is 0.329 e. The van der Waals surface area contributed by atoms with E-state index in [1.165, 1.54) is 0 Å². The molecule has 3 aromatic rings. The van der Waals surface area contributed by atoms with Gasteiger partial charge in [0.1, 0.15) is 12.4 Å². The number of carboxylic acids is 1. The number of aliphatic hydroxyl groups excluding tert-OH is 1. The lowest BCUT2D eigenvalue weighted by molar-refractivity contribution is -0.145. The molecule has 0 spiro atoms. The Kier molecular flexibility index (Phi) is 7.41. The number of ether oxygens (including phenoxy) is 2. The molecule has 0 radical (unpaired) electrons. The molecule has 0 saturated carbocycles. The molecule has 0 aliphatic carbocycles. The zero-order valence-corrected chi connectivity index (χ0v) is 19.1. The number of hydrogen-bond donors (Lipinski definition) is 4. The second kappa shape index (κ2) is 10.6. The molecule has 34 heavy (non-hydrogen) atoms. The zero-order chi connectivity index (χ0) is 24.1. The number of aliphatic hydroxyl groups is 1. The van der Waals surface area contributed by atoms with E-state index < -0.39 is 12.2 Å². The van der Waals surface area contributed by atoms with E-state index in [2.05, 4.69) is 25.4 Å². The maximum Gasteiger partial charge on any atom is 0.329 e. The summed E-state index contributed by atoms with van der Waals surface area (Å²) in [6.45, 7) is 0.372. The molecule has 3 atom stereocenters. The number of nitrogens with zero attached hydrogens (tertiary/aromatic N) is 3. The van der Waals surface area contributed by atoms with Gasteiger partial charge in [-0.25, -0.2) is 9.78 Å². The molecule has 4 N–H and O–H groups in total. The number of carboxylic acid groups (broad SMARTS) is 1. The molecule has 10 heteroatoms. The molecule has 3 heterocycles. The average Bonchev–Trinajstić information content (AvgIpc) is 3.38. The zero-order valence-electron chi connectivity index (χ0n) is 19.1. The first-order valence-electron chi connectivity index (χ1n) is 11.1. The summed E-state index contributed by atoms with van der Waals surface area (Å²) in [6.07, 6.45) is 2.13. The van der Waals surface area contributed by atoms with E-state index >= 15 is 0 Å². The molecular weight excluding hydrogens is 438 g/mol. The van der Waals surface area contributed by atoms with Gasteiger partial charge in [-0.05, 0) is 55.8 Å². The summed E-state index contributed by atoms with van der Waals surface area (Å²) in [6, 6.07) is 13.2. The standard InChI is InChI=1S/C24H29N5O5/c1-29-13-16(34-14-23(30)31)7-9-21(29)15-6-8-19(22(12-15)33-2)27-24(32)20-5-3-4-17(26-20)18-10-11-25-28-18/h3-6,8,10-12,16,21,24,27,32H,7,9,13-14H2,1-2H3,(H,25,28)(H,30,31). The highest BCUT2D eigenvalue weighted by molar-refractivity contribution is 5.68. The molecular formula is C24H29N5O5. The number of piperidine rings is 1. The highest BCUT2D eigenvalue weighted by atomic mass is 16.5. The molecule has 1 aromatic carbocycles. The van der Waals surface area contributed by atoms with Crippen LogP contribution in [0.15, 0.2) is 48.7 Å². The maximum absolute atomic E-state index is 10.8. The number of rotatable bonds is 9. The van der Waals surface area contributed by atoms with E-state index in [0.717, 1.165) is 24.1 Å². The van der Waals surface area contributed by atoms with E-state index in [1.54, 1.807) is 19.4 Å². The molecule has 180 valence electrons. The predicted molar refractivity (Wildman–Crippen MR) is 125 cm³/mol. The monoisotopic (exact) mass is 467 g/mol. The highest BCUT2D eigenvalue weighted by Crippen LogP contribution is 2.36. The van der Waals surface area contributed by atoms with Crippen LogP contribution in [-0.4, -0.2) is 69.7 Å². The second-order valence-corrected chi connectivity index (χ2v) is 8.28. The van der Waals surface area contributed by atoms with Crippen molar-refractivity contribution >= 4 is 11.7 Å². The third kappa shape index (κ3) is 5.53. The Morgan fingerprint density at radius 1 is 1.29 bits per heavy atom. The van der Waals surface area contributed by atoms with E-state index in [-0.39, 0.29) is 18.8 Å². The van der Waals surface area contributed by atoms with Crippen molar-refractivity contribution in [2.45, 2.75) is 31.2 Å². The fourth-order valence-corrected chi connectivity index (χ4v) is 4.26. The number of likely N-dealkylation sites (tertiary alicyclic amines) is 1. The van der Waals surface area contributed by atoms with Crippen molar-refractivity contribution in [3.8, 4) is 17.1 Å². The van der Waals surface area contributed by atoms with Crippen molar-refractivity contribution in [3.63, 3.8) is 0 Å². The van der Waals surface area contributed by atoms with Crippen LogP contribution in [0.3, 0.4) is 0 Å². The Balaban J connectivity index is 1.44. The third-order valence-electron chi connectivity index (χ3n) is 5.96. The molecule has 0 bridgehead atoms. The second-order valence-electron chi connectivity index (χ2n) is 8.28. The first-order valence-corrected chi connectivity index (χ1v) is 11.1. The van der Waals surface area contributed by atoms with Gasteiger partial charge in [-0.2, -0.15) is 5.10 Å². The summed E-state index contributed by atoms with van der Waals surface area (Å²) >= 11 is 0. The number of aliphatic carboxylic acids is 1. The summed E-state index contributed by atoms with van der Waals surface area (Å²) in [5.41, 5.74) is 3.65. The average molecular weight is 468 g/mol. The lowest BCUT2D eigenvalue weighted by Gasteiger charge is -2.37. The van der Waals surface area contributed by atoms with Gasteiger partial charge in [0.15, 0.2) is 6.23 Å². The Morgan fingerprint density at radius 2 is 2.15 bits per heavy atom. The van der Waals surface area contributed by atoms with Crippen molar-refractivity contribution in [2.75, 3.05) is 32.6 Å². The van der Waals surface area contributed by atoms with Gasteiger partial charge in [-0.1, -0.05) is 12.1 Å². The van der Waals surface area contributed by atoms with Gasteiger partial charge in [0.2, 0.25) is 0 Å². The topological polar surface area (TPSA) is 133 Å². The van der Waals surface area contributed by atoms with Gasteiger partial charge in [-0.15, -0.1) is 0 Å². The van der Waals surface area contributed by atoms with Crippen molar-refractivity contribution < 1.29 is 24.5 Å². The number of anilines is 1. The molecule has 1 saturated heterocycles. The van der Waals surface area contributed by atoms with E-state index in [9.17, 15) is 9.90 Å². The number of H-pyrrole nitrogens is 1. The largest absolute Gasteiger partial charge is 0.495 e. The van der Waals surface area contributed by atoms with E-state index in [1.807, 2.05) is 43.4 Å². The van der Waals surface area contributed by atoms with E-state index in [4.69, 9.17) is 14.6 Å². The van der Waals surface area contributed by atoms with Crippen LogP contribution >= 0.6 is 0 Å². The minimum atomic E-state index is -1.04. The number of hydrogen-bond acceptors (Lipinski definition) is 8. The first kappa shape index (κ1) is 23.7. The summed E-state index contributed by atoms with van der Waals surface area (Å²) in [7, 11) is 3.59. The number of nitrogens with one attached hydrogen (secondary N) is 2. The van der Waals surface area contributed by atoms with Crippen LogP contribution in [0.2, 0.25) is 0 Å². The SMILES string of the molecule is COc1cc(C2CCC(OCC(=O)O)CN2C)ccc1NC(O)c1cccc(-c2ccn[nH]2)n1. The minimum absolute atomic E-state index is 0.0969. The summed E-state index contributed by atoms with van der Waals surface area (Å²) in [5.74, 6) is -0.345. The maximum atomic E-state index is 10.8. The summed E-state index contributed by atoms with van der Waals surface area (Å²) in [5, 5.41) is 29.5. The first-order chi connectivity index (χ1) is 16.4. The Bertz CT molecular complexity index is 1110. The van der Waals surface area contributed by atoms with Crippen LogP contribution in [0.1, 0.15) is 36.4 Å². The summed E-state index contributed by atoms with van der Waals surface area (Å²) in [4.78, 5) is 17.5. The van der Waals surface area contributed by atoms with Crippen LogP contribution in [0.25, 0.3) is 11.4 Å². The highest BCUT2D eigenvalue weighted by Gasteiger charge is 2.28. The van der Waals surface area contributed by atoms with Gasteiger partial charge in [0.25, 0.3) is 0 Å².